The molecule has 1 unspecified atom stereocenters. The van der Waals surface area contributed by atoms with E-state index >= 15 is 0 Å². The van der Waals surface area contributed by atoms with E-state index in [1.807, 2.05) is 47.9 Å². The molecule has 7 heteroatoms. The van der Waals surface area contributed by atoms with Gasteiger partial charge in [-0.15, -0.1) is 0 Å². The molecular formula is C16H25ClN6. The fraction of sp³-hybridized carbons (Fsp3) is 0.500. The van der Waals surface area contributed by atoms with Crippen molar-refractivity contribution in [2.24, 2.45) is 18.0 Å². The Morgan fingerprint density at radius 1 is 1.52 bits per heavy atom. The van der Waals surface area contributed by atoms with Crippen LogP contribution in [0.3, 0.4) is 0 Å². The van der Waals surface area contributed by atoms with E-state index in [1.165, 1.54) is 0 Å². The molecule has 23 heavy (non-hydrogen) atoms. The van der Waals surface area contributed by atoms with Crippen LogP contribution in [0.25, 0.3) is 0 Å². The van der Waals surface area contributed by atoms with E-state index in [1.54, 1.807) is 13.2 Å². The zero-order valence-electron chi connectivity index (χ0n) is 14.2. The van der Waals surface area contributed by atoms with E-state index in [9.17, 15) is 0 Å². The fourth-order valence-electron chi connectivity index (χ4n) is 2.48. The summed E-state index contributed by atoms with van der Waals surface area (Å²) in [6, 6.07) is 3.92. The molecule has 1 atom stereocenters. The third-order valence-corrected chi connectivity index (χ3v) is 3.92. The smallest absolute Gasteiger partial charge is 0.193 e. The van der Waals surface area contributed by atoms with Crippen molar-refractivity contribution in [2.45, 2.75) is 20.0 Å². The van der Waals surface area contributed by atoms with Gasteiger partial charge in [0.1, 0.15) is 0 Å². The van der Waals surface area contributed by atoms with Crippen molar-refractivity contribution >= 4 is 17.6 Å². The molecule has 0 fully saturated rings. The van der Waals surface area contributed by atoms with Crippen molar-refractivity contribution in [1.82, 2.24) is 24.6 Å². The highest BCUT2D eigenvalue weighted by molar-refractivity contribution is 6.30. The number of nitrogens with one attached hydrogen (secondary N) is 1. The number of rotatable bonds is 6. The summed E-state index contributed by atoms with van der Waals surface area (Å²) in [6.45, 7) is 4.66. The molecule has 0 radical (unpaired) electrons. The molecule has 2 aromatic heterocycles. The minimum atomic E-state index is 0.449. The van der Waals surface area contributed by atoms with Crippen LogP contribution in [0.1, 0.15) is 12.6 Å². The lowest BCUT2D eigenvalue weighted by Crippen LogP contribution is -2.41. The summed E-state index contributed by atoms with van der Waals surface area (Å²) in [4.78, 5) is 6.45. The minimum absolute atomic E-state index is 0.449. The predicted octanol–water partition coefficient (Wildman–Crippen LogP) is 2.22. The highest BCUT2D eigenvalue weighted by Crippen LogP contribution is 2.14. The van der Waals surface area contributed by atoms with Crippen molar-refractivity contribution < 1.29 is 0 Å². The molecule has 2 aromatic rings. The molecule has 0 aromatic carbocycles. The minimum Gasteiger partial charge on any atom is -0.356 e. The van der Waals surface area contributed by atoms with Gasteiger partial charge >= 0.3 is 0 Å². The van der Waals surface area contributed by atoms with Gasteiger partial charge in [0, 0.05) is 58.5 Å². The standard InChI is InChI=1S/C16H25ClN6/c1-13(10-23-7-5-6-20-23)9-19-16(18-2)22(4)12-15-8-14(17)11-21(15)3/h5-8,11,13H,9-10,12H2,1-4H3,(H,18,19). The molecule has 0 saturated carbocycles. The normalized spacial score (nSPS) is 13.2. The molecule has 0 amide bonds. The van der Waals surface area contributed by atoms with E-state index in [0.29, 0.717) is 5.92 Å². The van der Waals surface area contributed by atoms with Crippen molar-refractivity contribution in [2.75, 3.05) is 20.6 Å². The Morgan fingerprint density at radius 2 is 2.30 bits per heavy atom. The van der Waals surface area contributed by atoms with E-state index in [4.69, 9.17) is 11.6 Å². The summed E-state index contributed by atoms with van der Waals surface area (Å²) in [5.41, 5.74) is 1.14. The lowest BCUT2D eigenvalue weighted by atomic mass is 10.2. The van der Waals surface area contributed by atoms with Crippen LogP contribution in [0.5, 0.6) is 0 Å². The van der Waals surface area contributed by atoms with E-state index in [2.05, 4.69) is 27.2 Å². The quantitative estimate of drug-likeness (QED) is 0.650. The van der Waals surface area contributed by atoms with Crippen LogP contribution < -0.4 is 5.32 Å². The molecule has 2 heterocycles. The molecule has 0 aliphatic heterocycles. The third kappa shape index (κ3) is 5.03. The molecule has 1 N–H and O–H groups in total. The SMILES string of the molecule is CN=C(NCC(C)Cn1cccn1)N(C)Cc1cc(Cl)cn1C. The predicted molar refractivity (Wildman–Crippen MR) is 94.6 cm³/mol. The monoisotopic (exact) mass is 336 g/mol. The molecule has 2 rings (SSSR count). The first-order valence-electron chi connectivity index (χ1n) is 7.69. The molecule has 0 bridgehead atoms. The van der Waals surface area contributed by atoms with Crippen LogP contribution in [0.4, 0.5) is 0 Å². The highest BCUT2D eigenvalue weighted by Gasteiger charge is 2.11. The Labute approximate surface area is 142 Å². The summed E-state index contributed by atoms with van der Waals surface area (Å²) in [7, 11) is 5.82. The van der Waals surface area contributed by atoms with E-state index in [0.717, 1.165) is 36.3 Å². The number of aryl methyl sites for hydroxylation is 1. The summed E-state index contributed by atoms with van der Waals surface area (Å²) in [6.07, 6.45) is 5.70. The van der Waals surface area contributed by atoms with Crippen LogP contribution in [0.15, 0.2) is 35.7 Å². The first kappa shape index (κ1) is 17.4. The molecule has 0 saturated heterocycles. The van der Waals surface area contributed by atoms with Crippen molar-refractivity contribution in [3.63, 3.8) is 0 Å². The Morgan fingerprint density at radius 3 is 2.87 bits per heavy atom. The van der Waals surface area contributed by atoms with Crippen LogP contribution in [-0.2, 0) is 20.1 Å². The van der Waals surface area contributed by atoms with Crippen LogP contribution in [0, 0.1) is 5.92 Å². The summed E-state index contributed by atoms with van der Waals surface area (Å²) in [5.74, 6) is 1.32. The average molecular weight is 337 g/mol. The van der Waals surface area contributed by atoms with Crippen molar-refractivity contribution in [3.8, 4) is 0 Å². The van der Waals surface area contributed by atoms with Gasteiger partial charge in [-0.2, -0.15) is 5.10 Å². The van der Waals surface area contributed by atoms with Gasteiger partial charge in [-0.3, -0.25) is 9.67 Å². The van der Waals surface area contributed by atoms with Crippen LogP contribution in [0.2, 0.25) is 5.02 Å². The number of aliphatic imine (C=N–C) groups is 1. The van der Waals surface area contributed by atoms with Gasteiger partial charge in [0.25, 0.3) is 0 Å². The van der Waals surface area contributed by atoms with Gasteiger partial charge in [-0.25, -0.2) is 0 Å². The van der Waals surface area contributed by atoms with Gasteiger partial charge in [0.15, 0.2) is 5.96 Å². The highest BCUT2D eigenvalue weighted by atomic mass is 35.5. The van der Waals surface area contributed by atoms with E-state index in [-0.39, 0.29) is 0 Å². The first-order valence-corrected chi connectivity index (χ1v) is 8.07. The zero-order valence-corrected chi connectivity index (χ0v) is 15.0. The lowest BCUT2D eigenvalue weighted by molar-refractivity contribution is 0.419. The maximum Gasteiger partial charge on any atom is 0.193 e. The second-order valence-corrected chi connectivity index (χ2v) is 6.31. The number of nitrogens with zero attached hydrogens (tertiary/aromatic N) is 5. The summed E-state index contributed by atoms with van der Waals surface area (Å²) < 4.78 is 3.98. The van der Waals surface area contributed by atoms with Gasteiger partial charge in [0.2, 0.25) is 0 Å². The first-order chi connectivity index (χ1) is 11.0. The van der Waals surface area contributed by atoms with Crippen LogP contribution >= 0.6 is 11.6 Å². The lowest BCUT2D eigenvalue weighted by Gasteiger charge is -2.23. The molecule has 0 aliphatic carbocycles. The zero-order chi connectivity index (χ0) is 16.8. The number of hydrogen-bond donors (Lipinski definition) is 1. The van der Waals surface area contributed by atoms with Crippen molar-refractivity contribution in [3.05, 3.63) is 41.4 Å². The average Bonchev–Trinajstić information content (AvgIpc) is 3.10. The maximum absolute atomic E-state index is 6.04. The van der Waals surface area contributed by atoms with Gasteiger partial charge < -0.3 is 14.8 Å². The Balaban J connectivity index is 1.85. The van der Waals surface area contributed by atoms with Crippen LogP contribution in [-0.4, -0.2) is 45.8 Å². The summed E-state index contributed by atoms with van der Waals surface area (Å²) in [5, 5.41) is 8.42. The Kier molecular flexibility index (Phi) is 6.10. The van der Waals surface area contributed by atoms with E-state index < -0.39 is 0 Å². The van der Waals surface area contributed by atoms with Gasteiger partial charge in [-0.1, -0.05) is 18.5 Å². The number of aromatic nitrogens is 3. The number of halogens is 1. The molecule has 0 aliphatic rings. The second-order valence-electron chi connectivity index (χ2n) is 5.88. The summed E-state index contributed by atoms with van der Waals surface area (Å²) >= 11 is 6.04. The molecule has 6 nitrogen and oxygen atoms in total. The Hall–Kier alpha value is -1.95. The van der Waals surface area contributed by atoms with Crippen molar-refractivity contribution in [1.29, 1.82) is 0 Å². The fourth-order valence-corrected chi connectivity index (χ4v) is 2.76. The topological polar surface area (TPSA) is 50.4 Å². The number of hydrogen-bond acceptors (Lipinski definition) is 2. The molecular weight excluding hydrogens is 312 g/mol. The van der Waals surface area contributed by atoms with Gasteiger partial charge in [-0.05, 0) is 18.1 Å². The number of guanidine groups is 1. The maximum atomic E-state index is 6.04. The largest absolute Gasteiger partial charge is 0.356 e. The molecule has 126 valence electrons. The van der Waals surface area contributed by atoms with Gasteiger partial charge in [0.05, 0.1) is 11.6 Å². The third-order valence-electron chi connectivity index (χ3n) is 3.71. The Bertz CT molecular complexity index is 631. The second kappa shape index (κ2) is 8.06. The molecule has 0 spiro atoms.